The Balaban J connectivity index is 0.00000288. The third-order valence-corrected chi connectivity index (χ3v) is 8.66. The number of H-pyrrole nitrogens is 2. The molecule has 3 aromatic heterocycles. The molecular weight excluding hydrogens is 658 g/mol. The number of aromatic nitrogens is 4. The van der Waals surface area contributed by atoms with E-state index in [0.717, 1.165) is 89.4 Å². The van der Waals surface area contributed by atoms with Crippen LogP contribution in [0.25, 0.3) is 56.5 Å². The molecule has 2 N–H and O–H groups in total. The number of methoxy groups -OCH3 is 2. The average Bonchev–Trinajstić information content (AvgIpc) is 3.67. The topological polar surface area (TPSA) is 110 Å². The molecule has 0 spiro atoms. The number of carbonyl (C=O) groups excluding carboxylic acids is 2. The molecule has 10 heteroatoms. The molecule has 0 atom stereocenters. The zero-order chi connectivity index (χ0) is 31.7. The summed E-state index contributed by atoms with van der Waals surface area (Å²) >= 11 is 0. The number of hydrogen-bond donors (Lipinski definition) is 2. The number of esters is 2. The van der Waals surface area contributed by atoms with E-state index in [0.29, 0.717) is 12.8 Å². The third-order valence-electron chi connectivity index (χ3n) is 8.66. The molecule has 5 rings (SSSR count). The molecule has 3 aromatic rings. The van der Waals surface area contributed by atoms with E-state index in [-0.39, 0.29) is 57.0 Å². The van der Waals surface area contributed by atoms with Crippen molar-refractivity contribution in [2.75, 3.05) is 14.2 Å². The van der Waals surface area contributed by atoms with Gasteiger partial charge in [0.15, 0.2) is 0 Å². The smallest absolute Gasteiger partial charge is 0.305 e. The van der Waals surface area contributed by atoms with Gasteiger partial charge in [0.25, 0.3) is 0 Å². The normalized spacial score (nSPS) is 12.3. The van der Waals surface area contributed by atoms with Crippen LogP contribution in [0.3, 0.4) is 0 Å². The van der Waals surface area contributed by atoms with Crippen LogP contribution in [0.5, 0.6) is 0 Å². The number of fused-ring (bicyclic) bond motifs is 8. The van der Waals surface area contributed by atoms with Gasteiger partial charge in [0.1, 0.15) is 0 Å². The van der Waals surface area contributed by atoms with Crippen molar-refractivity contribution in [2.24, 2.45) is 0 Å². The molecule has 46 heavy (non-hydrogen) atoms. The molecule has 3 radical (unpaired) electrons. The van der Waals surface area contributed by atoms with E-state index in [1.165, 1.54) is 14.2 Å². The summed E-state index contributed by atoms with van der Waals surface area (Å²) in [6.45, 7) is 16.3. The predicted molar refractivity (Wildman–Crippen MR) is 191 cm³/mol. The summed E-state index contributed by atoms with van der Waals surface area (Å²) < 4.78 is 9.88. The molecule has 0 unspecified atom stereocenters. The Morgan fingerprint density at radius 2 is 1.07 bits per heavy atom. The van der Waals surface area contributed by atoms with Crippen LogP contribution in [0.4, 0.5) is 0 Å². The molecule has 2 aliphatic rings. The quantitative estimate of drug-likeness (QED) is 0.182. The number of allylic oxidation sites excluding steroid dienone is 4. The maximum Gasteiger partial charge on any atom is 0.305 e. The monoisotopic (exact) mass is 695 g/mol. The van der Waals surface area contributed by atoms with Crippen LogP contribution in [0.1, 0.15) is 84.6 Å². The molecule has 8 nitrogen and oxygen atoms in total. The Morgan fingerprint density at radius 3 is 1.48 bits per heavy atom. The van der Waals surface area contributed by atoms with E-state index in [4.69, 9.17) is 19.4 Å². The van der Waals surface area contributed by atoms with Gasteiger partial charge in [-0.15, -0.1) is 12.4 Å². The van der Waals surface area contributed by atoms with Gasteiger partial charge >= 0.3 is 11.9 Å². The van der Waals surface area contributed by atoms with E-state index < -0.39 is 0 Å². The third kappa shape index (κ3) is 6.87. The first-order chi connectivity index (χ1) is 21.1. The fraction of sp³-hybridized carbons (Fsp3) is 0.278. The second kappa shape index (κ2) is 15.0. The summed E-state index contributed by atoms with van der Waals surface area (Å²) in [6.07, 6.45) is 5.10. The SMILES string of the molecule is C=Cc1c(C)c2cc3[nH]c(cc4nc(cc5nc(cc1[nH]2)C(C)=C5CCC(=O)OC)C(CCC(=O)OC)=C4C)c(C)c3C=C.Cl.[Ga]. The summed E-state index contributed by atoms with van der Waals surface area (Å²) in [7, 11) is 2.79. The number of ether oxygens (including phenoxy) is 2. The molecule has 0 saturated heterocycles. The van der Waals surface area contributed by atoms with Crippen molar-refractivity contribution in [3.63, 3.8) is 0 Å². The van der Waals surface area contributed by atoms with Crippen LogP contribution in [0.15, 0.2) is 37.4 Å². The summed E-state index contributed by atoms with van der Waals surface area (Å²) in [6, 6.07) is 8.14. The van der Waals surface area contributed by atoms with E-state index in [2.05, 4.69) is 43.0 Å². The molecule has 0 saturated carbocycles. The second-order valence-corrected chi connectivity index (χ2v) is 11.1. The van der Waals surface area contributed by atoms with Crippen molar-refractivity contribution < 1.29 is 19.1 Å². The van der Waals surface area contributed by atoms with E-state index in [1.807, 2.05) is 44.2 Å². The second-order valence-electron chi connectivity index (χ2n) is 11.1. The predicted octanol–water partition coefficient (Wildman–Crippen LogP) is 8.03. The molecule has 0 aliphatic carbocycles. The standard InChI is InChI=1S/C36H38N4O4.ClH.Ga/c1-9-23-19(3)27-15-28-21(5)25(11-13-35(41)43-7)33(39-28)18-34-26(12-14-36(42)44-8)22(6)30(40-34)17-32-24(10-2)20(4)29(38-32)16-31(23)37-27;;/h9-10,15-18,37-38H,1-2,11-14H2,3-8H3;1H;. The number of nitrogens with one attached hydrogen (secondary N) is 2. The van der Waals surface area contributed by atoms with Crippen molar-refractivity contribution >= 4 is 101 Å². The van der Waals surface area contributed by atoms with Crippen LogP contribution < -0.4 is 0 Å². The van der Waals surface area contributed by atoms with Gasteiger partial charge in [-0.1, -0.05) is 25.3 Å². The zero-order valence-electron chi connectivity index (χ0n) is 27.2. The number of rotatable bonds is 8. The molecule has 0 aromatic carbocycles. The maximum absolute atomic E-state index is 12.2. The Kier molecular flexibility index (Phi) is 11.9. The minimum Gasteiger partial charge on any atom is -0.469 e. The van der Waals surface area contributed by atoms with E-state index in [9.17, 15) is 9.59 Å². The summed E-state index contributed by atoms with van der Waals surface area (Å²) in [4.78, 5) is 41.6. The molecule has 237 valence electrons. The fourth-order valence-corrected chi connectivity index (χ4v) is 5.96. The first-order valence-electron chi connectivity index (χ1n) is 14.6. The molecule has 2 aliphatic heterocycles. The van der Waals surface area contributed by atoms with Gasteiger partial charge in [-0.2, -0.15) is 0 Å². The number of nitrogens with zero attached hydrogens (tertiary/aromatic N) is 2. The first kappa shape index (κ1) is 36.4. The van der Waals surface area contributed by atoms with Gasteiger partial charge in [-0.3, -0.25) is 9.59 Å². The number of aryl methyl sites for hydroxylation is 2. The largest absolute Gasteiger partial charge is 0.469 e. The van der Waals surface area contributed by atoms with Gasteiger partial charge in [0.05, 0.1) is 37.0 Å². The minimum atomic E-state index is -0.285. The van der Waals surface area contributed by atoms with Gasteiger partial charge in [-0.25, -0.2) is 9.97 Å². The molecule has 0 fully saturated rings. The number of hydrogen-bond acceptors (Lipinski definition) is 6. The van der Waals surface area contributed by atoms with Crippen molar-refractivity contribution in [3.05, 3.63) is 82.5 Å². The van der Waals surface area contributed by atoms with E-state index in [1.54, 1.807) is 0 Å². The van der Waals surface area contributed by atoms with Crippen LogP contribution in [-0.2, 0) is 19.1 Å². The zero-order valence-corrected chi connectivity index (χ0v) is 30.5. The molecular formula is C36H39ClGaN4O4. The van der Waals surface area contributed by atoms with Crippen LogP contribution in [0.2, 0.25) is 0 Å². The minimum absolute atomic E-state index is 0. The Bertz CT molecular complexity index is 1970. The summed E-state index contributed by atoms with van der Waals surface area (Å²) in [5.74, 6) is -0.570. The summed E-state index contributed by atoms with van der Waals surface area (Å²) in [5, 5.41) is 0. The van der Waals surface area contributed by atoms with Gasteiger partial charge in [0.2, 0.25) is 0 Å². The Morgan fingerprint density at radius 1 is 0.674 bits per heavy atom. The molecule has 5 heterocycles. The fourth-order valence-electron chi connectivity index (χ4n) is 5.96. The van der Waals surface area contributed by atoms with Crippen molar-refractivity contribution in [1.82, 2.24) is 19.9 Å². The van der Waals surface area contributed by atoms with Crippen molar-refractivity contribution in [1.29, 1.82) is 0 Å². The maximum atomic E-state index is 12.2. The summed E-state index contributed by atoms with van der Waals surface area (Å²) in [5.41, 5.74) is 14.7. The number of carbonyl (C=O) groups is 2. The van der Waals surface area contributed by atoms with E-state index >= 15 is 0 Å². The number of aromatic amines is 2. The Hall–Kier alpha value is -4.05. The van der Waals surface area contributed by atoms with Crippen molar-refractivity contribution in [2.45, 2.75) is 53.4 Å². The van der Waals surface area contributed by atoms with Gasteiger partial charge < -0.3 is 19.4 Å². The molecule has 8 bridgehead atoms. The van der Waals surface area contributed by atoms with Crippen LogP contribution in [0, 0.1) is 13.8 Å². The van der Waals surface area contributed by atoms with Crippen molar-refractivity contribution in [3.8, 4) is 0 Å². The first-order valence-corrected chi connectivity index (χ1v) is 14.6. The Labute approximate surface area is 288 Å². The van der Waals surface area contributed by atoms with Gasteiger partial charge in [-0.05, 0) is 98.2 Å². The average molecular weight is 697 g/mol. The molecule has 0 amide bonds. The number of halogens is 1. The van der Waals surface area contributed by atoms with Gasteiger partial charge in [0, 0.05) is 65.8 Å². The van der Waals surface area contributed by atoms with Crippen LogP contribution in [-0.4, -0.2) is 65.9 Å². The van der Waals surface area contributed by atoms with Crippen LogP contribution >= 0.6 is 12.4 Å².